The number of rotatable bonds is 4. The lowest BCUT2D eigenvalue weighted by atomic mass is 10.1. The van der Waals surface area contributed by atoms with E-state index in [1.54, 1.807) is 16.3 Å². The minimum atomic E-state index is -0.282. The maximum absolute atomic E-state index is 12.8. The number of ether oxygens (including phenoxy) is 1. The zero-order chi connectivity index (χ0) is 20.4. The first-order valence-corrected chi connectivity index (χ1v) is 10.4. The third-order valence-corrected chi connectivity index (χ3v) is 5.55. The van der Waals surface area contributed by atoms with Crippen LogP contribution >= 0.6 is 0 Å². The highest BCUT2D eigenvalue weighted by Crippen LogP contribution is 2.24. The van der Waals surface area contributed by atoms with Gasteiger partial charge < -0.3 is 19.9 Å². The molecule has 0 unspecified atom stereocenters. The molecule has 9 heteroatoms. The fourth-order valence-electron chi connectivity index (χ4n) is 4.04. The van der Waals surface area contributed by atoms with Crippen LogP contribution in [0.4, 0.5) is 10.6 Å². The molecule has 29 heavy (non-hydrogen) atoms. The number of likely N-dealkylation sites (tertiary alicyclic amines) is 1. The van der Waals surface area contributed by atoms with Crippen molar-refractivity contribution >= 4 is 23.3 Å². The molecule has 2 saturated heterocycles. The minimum Gasteiger partial charge on any atom is -0.450 e. The van der Waals surface area contributed by atoms with Crippen molar-refractivity contribution in [1.82, 2.24) is 24.8 Å². The van der Waals surface area contributed by atoms with E-state index in [9.17, 15) is 9.59 Å². The van der Waals surface area contributed by atoms with Gasteiger partial charge in [-0.25, -0.2) is 14.3 Å². The summed E-state index contributed by atoms with van der Waals surface area (Å²) in [6.07, 6.45) is 5.30. The molecule has 0 spiro atoms. The van der Waals surface area contributed by atoms with Gasteiger partial charge in [0.15, 0.2) is 11.5 Å². The summed E-state index contributed by atoms with van der Waals surface area (Å²) >= 11 is 0. The average Bonchev–Trinajstić information content (AvgIpc) is 3.38. The van der Waals surface area contributed by atoms with Gasteiger partial charge in [0.25, 0.3) is 5.91 Å². The van der Waals surface area contributed by atoms with E-state index in [1.807, 2.05) is 19.2 Å². The zero-order valence-corrected chi connectivity index (χ0v) is 17.1. The Morgan fingerprint density at radius 2 is 1.93 bits per heavy atom. The molecule has 4 rings (SSSR count). The van der Waals surface area contributed by atoms with E-state index in [1.165, 1.54) is 0 Å². The van der Waals surface area contributed by atoms with Crippen LogP contribution in [0.3, 0.4) is 0 Å². The van der Waals surface area contributed by atoms with Gasteiger partial charge in [0.1, 0.15) is 5.52 Å². The van der Waals surface area contributed by atoms with Crippen LogP contribution in [0.1, 0.15) is 48.8 Å². The van der Waals surface area contributed by atoms with Crippen molar-refractivity contribution in [2.24, 2.45) is 0 Å². The molecule has 9 nitrogen and oxygen atoms in total. The van der Waals surface area contributed by atoms with Crippen LogP contribution in [0.15, 0.2) is 12.3 Å². The summed E-state index contributed by atoms with van der Waals surface area (Å²) in [6, 6.07) is 1.85. The van der Waals surface area contributed by atoms with Crippen LogP contribution in [0, 0.1) is 6.92 Å². The number of piperidine rings is 1. The Labute approximate surface area is 170 Å². The van der Waals surface area contributed by atoms with Crippen LogP contribution in [-0.4, -0.2) is 70.3 Å². The fourth-order valence-corrected chi connectivity index (χ4v) is 4.04. The van der Waals surface area contributed by atoms with Crippen molar-refractivity contribution < 1.29 is 14.3 Å². The Kier molecular flexibility index (Phi) is 5.55. The van der Waals surface area contributed by atoms with Crippen LogP contribution in [-0.2, 0) is 4.74 Å². The molecule has 156 valence electrons. The van der Waals surface area contributed by atoms with Gasteiger partial charge in [-0.3, -0.25) is 4.79 Å². The van der Waals surface area contributed by atoms with Gasteiger partial charge in [0.2, 0.25) is 0 Å². The lowest BCUT2D eigenvalue weighted by Crippen LogP contribution is -2.46. The molecule has 2 fully saturated rings. The van der Waals surface area contributed by atoms with Gasteiger partial charge in [-0.05, 0) is 39.5 Å². The van der Waals surface area contributed by atoms with Crippen molar-refractivity contribution in [3.05, 3.63) is 23.7 Å². The third-order valence-electron chi connectivity index (χ3n) is 5.55. The first-order chi connectivity index (χ1) is 14.0. The Hall–Kier alpha value is -2.84. The highest BCUT2D eigenvalue weighted by Gasteiger charge is 2.26. The topological polar surface area (TPSA) is 92.1 Å². The highest BCUT2D eigenvalue weighted by molar-refractivity contribution is 5.94. The van der Waals surface area contributed by atoms with Gasteiger partial charge in [0, 0.05) is 38.3 Å². The maximum atomic E-state index is 12.8. The Bertz CT molecular complexity index is 897. The first-order valence-electron chi connectivity index (χ1n) is 10.4. The van der Waals surface area contributed by atoms with E-state index in [2.05, 4.69) is 15.3 Å². The number of aromatic nitrogens is 3. The lowest BCUT2D eigenvalue weighted by molar-refractivity contribution is 0.0856. The van der Waals surface area contributed by atoms with Crippen molar-refractivity contribution in [2.75, 3.05) is 37.7 Å². The molecule has 4 heterocycles. The van der Waals surface area contributed by atoms with E-state index in [0.717, 1.165) is 43.0 Å². The van der Waals surface area contributed by atoms with Gasteiger partial charge in [-0.15, -0.1) is 0 Å². The number of anilines is 1. The predicted molar refractivity (Wildman–Crippen MR) is 108 cm³/mol. The number of nitrogens with one attached hydrogen (secondary N) is 1. The minimum absolute atomic E-state index is 0.0240. The Morgan fingerprint density at radius 3 is 2.62 bits per heavy atom. The highest BCUT2D eigenvalue weighted by atomic mass is 16.6. The standard InChI is InChI=1S/C20H28N6O3/c1-3-29-20(28)25-10-6-15(7-11-25)22-19(27)16-12-17-18(24-8-4-5-9-24)21-14(2)13-26(17)23-16/h12-13,15H,3-11H2,1-2H3,(H,22,27). The normalized spacial score (nSPS) is 17.7. The largest absolute Gasteiger partial charge is 0.450 e. The van der Waals surface area contributed by atoms with Crippen molar-refractivity contribution in [3.63, 3.8) is 0 Å². The SMILES string of the molecule is CCOC(=O)N1CCC(NC(=O)c2cc3c(N4CCCC4)nc(C)cn3n2)CC1. The number of amides is 2. The van der Waals surface area contributed by atoms with Crippen LogP contribution < -0.4 is 10.2 Å². The number of nitrogens with zero attached hydrogens (tertiary/aromatic N) is 5. The number of carbonyl (C=O) groups excluding carboxylic acids is 2. The first kappa shape index (κ1) is 19.5. The van der Waals surface area contributed by atoms with Crippen LogP contribution in [0.5, 0.6) is 0 Å². The number of aryl methyl sites for hydroxylation is 1. The molecule has 0 aromatic carbocycles. The molecule has 2 aromatic rings. The number of fused-ring (bicyclic) bond motifs is 1. The number of hydrogen-bond acceptors (Lipinski definition) is 6. The van der Waals surface area contributed by atoms with E-state index in [-0.39, 0.29) is 18.0 Å². The smallest absolute Gasteiger partial charge is 0.409 e. The number of hydrogen-bond donors (Lipinski definition) is 1. The molecule has 0 atom stereocenters. The molecule has 0 radical (unpaired) electrons. The summed E-state index contributed by atoms with van der Waals surface area (Å²) in [4.78, 5) is 33.2. The molecule has 0 bridgehead atoms. The number of carbonyl (C=O) groups is 2. The quantitative estimate of drug-likeness (QED) is 0.844. The molecular weight excluding hydrogens is 372 g/mol. The molecule has 1 N–H and O–H groups in total. The van der Waals surface area contributed by atoms with E-state index >= 15 is 0 Å². The maximum Gasteiger partial charge on any atom is 0.409 e. The molecule has 2 aromatic heterocycles. The Morgan fingerprint density at radius 1 is 1.21 bits per heavy atom. The second kappa shape index (κ2) is 8.26. The predicted octanol–water partition coefficient (Wildman–Crippen LogP) is 1.99. The summed E-state index contributed by atoms with van der Waals surface area (Å²) in [5.74, 6) is 0.713. The van der Waals surface area contributed by atoms with Gasteiger partial charge in [0.05, 0.1) is 18.5 Å². The molecule has 2 aliphatic rings. The average molecular weight is 400 g/mol. The summed E-state index contributed by atoms with van der Waals surface area (Å²) in [7, 11) is 0. The Balaban J connectivity index is 1.44. The van der Waals surface area contributed by atoms with E-state index < -0.39 is 0 Å². The summed E-state index contributed by atoms with van der Waals surface area (Å²) in [5, 5.41) is 7.56. The van der Waals surface area contributed by atoms with Crippen molar-refractivity contribution in [3.8, 4) is 0 Å². The zero-order valence-electron chi connectivity index (χ0n) is 17.1. The lowest BCUT2D eigenvalue weighted by Gasteiger charge is -2.31. The van der Waals surface area contributed by atoms with Gasteiger partial charge >= 0.3 is 6.09 Å². The third kappa shape index (κ3) is 4.13. The van der Waals surface area contributed by atoms with E-state index in [0.29, 0.717) is 38.2 Å². The molecule has 0 aliphatic carbocycles. The fraction of sp³-hybridized carbons (Fsp3) is 0.600. The monoisotopic (exact) mass is 400 g/mol. The second-order valence-corrected chi connectivity index (χ2v) is 7.69. The van der Waals surface area contributed by atoms with Crippen LogP contribution in [0.2, 0.25) is 0 Å². The van der Waals surface area contributed by atoms with Crippen LogP contribution in [0.25, 0.3) is 5.52 Å². The summed E-state index contributed by atoms with van der Waals surface area (Å²) in [6.45, 7) is 7.24. The molecular formula is C20H28N6O3. The molecule has 0 saturated carbocycles. The molecule has 2 aliphatic heterocycles. The van der Waals surface area contributed by atoms with Crippen molar-refractivity contribution in [1.29, 1.82) is 0 Å². The molecule has 2 amide bonds. The van der Waals surface area contributed by atoms with Gasteiger partial charge in [-0.2, -0.15) is 5.10 Å². The van der Waals surface area contributed by atoms with Gasteiger partial charge in [-0.1, -0.05) is 0 Å². The van der Waals surface area contributed by atoms with E-state index in [4.69, 9.17) is 9.72 Å². The summed E-state index contributed by atoms with van der Waals surface area (Å²) in [5.41, 5.74) is 2.13. The van der Waals surface area contributed by atoms with Crippen molar-refractivity contribution in [2.45, 2.75) is 45.6 Å². The second-order valence-electron chi connectivity index (χ2n) is 7.69. The summed E-state index contributed by atoms with van der Waals surface area (Å²) < 4.78 is 6.80.